The van der Waals surface area contributed by atoms with Crippen LogP contribution >= 0.6 is 0 Å². The van der Waals surface area contributed by atoms with E-state index in [1.54, 1.807) is 20.8 Å². The van der Waals surface area contributed by atoms with Gasteiger partial charge >= 0.3 is 18.0 Å². The molecule has 0 atom stereocenters. The molecule has 0 radical (unpaired) electrons. The SMILES string of the molecule is CC(C)(C)OC(=O)NCCOCCOCCOCCOCCOCCOCCC(=O)Oc1ccc(C(=O)O)cc1. The number of nitrogens with one attached hydrogen (secondary N) is 1. The highest BCUT2D eigenvalue weighted by atomic mass is 16.6. The van der Waals surface area contributed by atoms with Crippen LogP contribution < -0.4 is 10.1 Å². The van der Waals surface area contributed by atoms with Crippen molar-refractivity contribution in [3.05, 3.63) is 29.8 Å². The molecule has 0 aliphatic carbocycles. The van der Waals surface area contributed by atoms with Crippen LogP contribution in [0.15, 0.2) is 24.3 Å². The van der Waals surface area contributed by atoms with E-state index in [0.717, 1.165) is 0 Å². The number of benzene rings is 1. The van der Waals surface area contributed by atoms with Gasteiger partial charge in [0.05, 0.1) is 91.3 Å². The Morgan fingerprint density at radius 2 is 1.10 bits per heavy atom. The minimum atomic E-state index is -1.05. The Bertz CT molecular complexity index is 826. The van der Waals surface area contributed by atoms with Gasteiger partial charge in [-0.3, -0.25) is 4.79 Å². The lowest BCUT2D eigenvalue weighted by atomic mass is 10.2. The number of alkyl carbamates (subject to hydrolysis) is 1. The summed E-state index contributed by atoms with van der Waals surface area (Å²) in [7, 11) is 0. The van der Waals surface area contributed by atoms with Crippen molar-refractivity contribution >= 4 is 18.0 Å². The summed E-state index contributed by atoms with van der Waals surface area (Å²) < 4.78 is 42.5. The molecule has 0 spiro atoms. The van der Waals surface area contributed by atoms with E-state index in [0.29, 0.717) is 79.2 Å². The van der Waals surface area contributed by atoms with Gasteiger partial charge in [0.15, 0.2) is 0 Å². The Morgan fingerprint density at radius 3 is 1.52 bits per heavy atom. The third-order valence-electron chi connectivity index (χ3n) is 4.56. The smallest absolute Gasteiger partial charge is 0.407 e. The fraction of sp³-hybridized carbons (Fsp3) is 0.667. The fourth-order valence-electron chi connectivity index (χ4n) is 2.74. The van der Waals surface area contributed by atoms with Gasteiger partial charge in [-0.05, 0) is 45.0 Å². The fourth-order valence-corrected chi connectivity index (χ4v) is 2.74. The van der Waals surface area contributed by atoms with Crippen molar-refractivity contribution in [2.24, 2.45) is 0 Å². The predicted octanol–water partition coefficient (Wildman–Crippen LogP) is 2.30. The topological polar surface area (TPSA) is 157 Å². The zero-order valence-corrected chi connectivity index (χ0v) is 23.6. The minimum absolute atomic E-state index is 0.0672. The number of carbonyl (C=O) groups is 3. The molecule has 13 nitrogen and oxygen atoms in total. The first-order valence-corrected chi connectivity index (χ1v) is 13.1. The molecule has 0 saturated carbocycles. The molecule has 13 heteroatoms. The zero-order valence-electron chi connectivity index (χ0n) is 23.6. The van der Waals surface area contributed by atoms with E-state index in [4.69, 9.17) is 43.0 Å². The molecule has 0 aromatic heterocycles. The standard InChI is InChI=1S/C27H43NO12/c1-27(2,3)40-26(32)28-9-11-34-13-15-36-17-19-38-21-20-37-18-16-35-14-12-33-10-8-24(29)39-23-6-4-22(5-7-23)25(30)31/h4-7H,8-21H2,1-3H3,(H,28,32)(H,30,31). The molecule has 228 valence electrons. The number of aromatic carboxylic acids is 1. The molecule has 1 aromatic rings. The van der Waals surface area contributed by atoms with Crippen molar-refractivity contribution in [2.45, 2.75) is 32.8 Å². The van der Waals surface area contributed by atoms with Crippen LogP contribution in [-0.2, 0) is 38.0 Å². The quantitative estimate of drug-likeness (QED) is 0.112. The highest BCUT2D eigenvalue weighted by molar-refractivity contribution is 5.87. The second-order valence-electron chi connectivity index (χ2n) is 9.16. The Kier molecular flexibility index (Phi) is 19.3. The molecule has 0 heterocycles. The molecule has 0 bridgehead atoms. The number of ether oxygens (including phenoxy) is 8. The highest BCUT2D eigenvalue weighted by Crippen LogP contribution is 2.13. The van der Waals surface area contributed by atoms with E-state index >= 15 is 0 Å². The van der Waals surface area contributed by atoms with Gasteiger partial charge in [0.25, 0.3) is 0 Å². The molecule has 0 aliphatic rings. The third-order valence-corrected chi connectivity index (χ3v) is 4.56. The summed E-state index contributed by atoms with van der Waals surface area (Å²) in [5, 5.41) is 11.5. The van der Waals surface area contributed by atoms with Crippen LogP contribution in [0.1, 0.15) is 37.6 Å². The van der Waals surface area contributed by atoms with Crippen molar-refractivity contribution < 1.29 is 57.4 Å². The summed E-state index contributed by atoms with van der Waals surface area (Å²) in [6, 6.07) is 5.59. The van der Waals surface area contributed by atoms with E-state index in [1.165, 1.54) is 24.3 Å². The molecule has 1 amide bonds. The maximum absolute atomic E-state index is 11.8. The summed E-state index contributed by atoms with van der Waals surface area (Å²) in [5.74, 6) is -1.24. The lowest BCUT2D eigenvalue weighted by molar-refractivity contribution is -0.135. The Balaban J connectivity index is 1.77. The third kappa shape index (κ3) is 21.1. The first-order valence-electron chi connectivity index (χ1n) is 13.1. The van der Waals surface area contributed by atoms with Crippen LogP contribution in [0.5, 0.6) is 5.75 Å². The van der Waals surface area contributed by atoms with Gasteiger partial charge < -0.3 is 48.3 Å². The second-order valence-corrected chi connectivity index (χ2v) is 9.16. The molecular weight excluding hydrogens is 530 g/mol. The Hall–Kier alpha value is -2.81. The van der Waals surface area contributed by atoms with E-state index in [2.05, 4.69) is 5.32 Å². The maximum Gasteiger partial charge on any atom is 0.407 e. The Morgan fingerprint density at radius 1 is 0.675 bits per heavy atom. The number of rotatable bonds is 23. The van der Waals surface area contributed by atoms with Crippen LogP contribution in [0, 0.1) is 0 Å². The summed E-state index contributed by atoms with van der Waals surface area (Å²) in [6.45, 7) is 10.5. The number of carbonyl (C=O) groups excluding carboxylic acids is 2. The second kappa shape index (κ2) is 21.9. The van der Waals surface area contributed by atoms with Crippen molar-refractivity contribution in [3.63, 3.8) is 0 Å². The van der Waals surface area contributed by atoms with Gasteiger partial charge in [-0.25, -0.2) is 9.59 Å². The van der Waals surface area contributed by atoms with E-state index in [9.17, 15) is 14.4 Å². The van der Waals surface area contributed by atoms with Crippen molar-refractivity contribution in [1.29, 1.82) is 0 Å². The maximum atomic E-state index is 11.8. The molecule has 0 fully saturated rings. The molecule has 0 saturated heterocycles. The molecule has 0 aliphatic heterocycles. The number of carboxylic acids is 1. The first kappa shape index (κ1) is 35.2. The van der Waals surface area contributed by atoms with Gasteiger partial charge in [0.2, 0.25) is 0 Å². The summed E-state index contributed by atoms with van der Waals surface area (Å²) in [5.41, 5.74) is -0.405. The van der Waals surface area contributed by atoms with Crippen LogP contribution in [0.4, 0.5) is 4.79 Å². The zero-order chi connectivity index (χ0) is 29.5. The van der Waals surface area contributed by atoms with E-state index in [-0.39, 0.29) is 24.3 Å². The largest absolute Gasteiger partial charge is 0.478 e. The van der Waals surface area contributed by atoms with Gasteiger partial charge in [-0.2, -0.15) is 0 Å². The number of carboxylic acid groups (broad SMARTS) is 1. The normalized spacial score (nSPS) is 11.3. The van der Waals surface area contributed by atoms with Gasteiger partial charge in [-0.15, -0.1) is 0 Å². The van der Waals surface area contributed by atoms with Crippen molar-refractivity contribution in [2.75, 3.05) is 85.8 Å². The number of hydrogen-bond donors (Lipinski definition) is 2. The van der Waals surface area contributed by atoms with Crippen LogP contribution in [-0.4, -0.2) is 115 Å². The number of hydrogen-bond acceptors (Lipinski definition) is 11. The van der Waals surface area contributed by atoms with E-state index in [1.807, 2.05) is 0 Å². The van der Waals surface area contributed by atoms with Crippen LogP contribution in [0.25, 0.3) is 0 Å². The first-order chi connectivity index (χ1) is 19.2. The van der Waals surface area contributed by atoms with Crippen LogP contribution in [0.2, 0.25) is 0 Å². The lowest BCUT2D eigenvalue weighted by Crippen LogP contribution is -2.34. The Labute approximate surface area is 235 Å². The molecule has 0 unspecified atom stereocenters. The molecule has 2 N–H and O–H groups in total. The highest BCUT2D eigenvalue weighted by Gasteiger charge is 2.15. The summed E-state index contributed by atoms with van der Waals surface area (Å²) in [4.78, 5) is 34.0. The summed E-state index contributed by atoms with van der Waals surface area (Å²) in [6.07, 6.45) is -0.399. The molecule has 40 heavy (non-hydrogen) atoms. The molecule has 1 rings (SSSR count). The lowest BCUT2D eigenvalue weighted by Gasteiger charge is -2.19. The van der Waals surface area contributed by atoms with E-state index < -0.39 is 23.6 Å². The van der Waals surface area contributed by atoms with Gasteiger partial charge in [-0.1, -0.05) is 0 Å². The number of esters is 1. The monoisotopic (exact) mass is 573 g/mol. The van der Waals surface area contributed by atoms with Gasteiger partial charge in [0.1, 0.15) is 11.4 Å². The van der Waals surface area contributed by atoms with Gasteiger partial charge in [0, 0.05) is 6.54 Å². The average Bonchev–Trinajstić information content (AvgIpc) is 2.88. The molecule has 1 aromatic carbocycles. The van der Waals surface area contributed by atoms with Crippen molar-refractivity contribution in [1.82, 2.24) is 5.32 Å². The number of amides is 1. The summed E-state index contributed by atoms with van der Waals surface area (Å²) >= 11 is 0. The van der Waals surface area contributed by atoms with Crippen molar-refractivity contribution in [3.8, 4) is 5.75 Å². The minimum Gasteiger partial charge on any atom is -0.478 e. The molecular formula is C27H43NO12. The van der Waals surface area contributed by atoms with Crippen LogP contribution in [0.3, 0.4) is 0 Å². The predicted molar refractivity (Wildman–Crippen MR) is 143 cm³/mol. The average molecular weight is 574 g/mol.